The van der Waals surface area contributed by atoms with Crippen LogP contribution < -0.4 is 10.0 Å². The minimum atomic E-state index is -2.96. The van der Waals surface area contributed by atoms with E-state index in [9.17, 15) is 8.42 Å². The van der Waals surface area contributed by atoms with Crippen LogP contribution in [0.2, 0.25) is 0 Å². The molecule has 1 unspecified atom stereocenters. The standard InChI is InChI=1S/C10H20N2O2S/c13-15(14,10-3-4-10)12-7-5-9-2-1-6-11-8-9/h9-12H,1-8H2. The van der Waals surface area contributed by atoms with Gasteiger partial charge in [-0.25, -0.2) is 13.1 Å². The zero-order chi connectivity index (χ0) is 10.7. The number of nitrogens with one attached hydrogen (secondary N) is 2. The summed E-state index contributed by atoms with van der Waals surface area (Å²) in [5.74, 6) is 0.653. The molecule has 1 saturated carbocycles. The molecule has 0 aromatic rings. The van der Waals surface area contributed by atoms with E-state index in [1.807, 2.05) is 0 Å². The van der Waals surface area contributed by atoms with Crippen LogP contribution in [0.25, 0.3) is 0 Å². The Morgan fingerprint density at radius 3 is 2.67 bits per heavy atom. The second kappa shape index (κ2) is 4.80. The third kappa shape index (κ3) is 3.43. The molecule has 0 radical (unpaired) electrons. The minimum Gasteiger partial charge on any atom is -0.316 e. The minimum absolute atomic E-state index is 0.0815. The molecule has 88 valence electrons. The van der Waals surface area contributed by atoms with Crippen LogP contribution in [0, 0.1) is 5.92 Å². The molecule has 1 atom stereocenters. The van der Waals surface area contributed by atoms with Crippen molar-refractivity contribution in [3.05, 3.63) is 0 Å². The highest BCUT2D eigenvalue weighted by atomic mass is 32.2. The van der Waals surface area contributed by atoms with Gasteiger partial charge in [0.25, 0.3) is 0 Å². The molecule has 0 amide bonds. The third-order valence-corrected chi connectivity index (χ3v) is 5.17. The fourth-order valence-corrected chi connectivity index (χ4v) is 3.47. The molecule has 0 bridgehead atoms. The van der Waals surface area contributed by atoms with Crippen LogP contribution in [0.5, 0.6) is 0 Å². The Hall–Kier alpha value is -0.130. The van der Waals surface area contributed by atoms with E-state index in [2.05, 4.69) is 10.0 Å². The normalized spacial score (nSPS) is 27.9. The number of rotatable bonds is 5. The number of hydrogen-bond acceptors (Lipinski definition) is 3. The second-order valence-electron chi connectivity index (χ2n) is 4.64. The zero-order valence-corrected chi connectivity index (χ0v) is 9.85. The van der Waals surface area contributed by atoms with E-state index in [4.69, 9.17) is 0 Å². The first-order valence-corrected chi connectivity index (χ1v) is 7.42. The lowest BCUT2D eigenvalue weighted by atomic mass is 9.96. The molecule has 1 saturated heterocycles. The molecular formula is C10H20N2O2S. The molecule has 1 aliphatic heterocycles. The number of sulfonamides is 1. The summed E-state index contributed by atoms with van der Waals surface area (Å²) in [6.07, 6.45) is 5.12. The molecule has 4 nitrogen and oxygen atoms in total. The van der Waals surface area contributed by atoms with Gasteiger partial charge in [-0.2, -0.15) is 0 Å². The largest absolute Gasteiger partial charge is 0.316 e. The van der Waals surface area contributed by atoms with Gasteiger partial charge in [-0.15, -0.1) is 0 Å². The van der Waals surface area contributed by atoms with Gasteiger partial charge in [-0.1, -0.05) is 0 Å². The van der Waals surface area contributed by atoms with E-state index in [0.717, 1.165) is 32.4 Å². The molecule has 2 N–H and O–H groups in total. The molecule has 0 aromatic heterocycles. The molecule has 1 heterocycles. The lowest BCUT2D eigenvalue weighted by molar-refractivity contribution is 0.358. The molecular weight excluding hydrogens is 212 g/mol. The van der Waals surface area contributed by atoms with Gasteiger partial charge in [0.2, 0.25) is 10.0 Å². The van der Waals surface area contributed by atoms with Gasteiger partial charge in [0, 0.05) is 6.54 Å². The Labute approximate surface area is 91.9 Å². The van der Waals surface area contributed by atoms with Gasteiger partial charge >= 0.3 is 0 Å². The maximum atomic E-state index is 11.5. The van der Waals surface area contributed by atoms with E-state index >= 15 is 0 Å². The van der Waals surface area contributed by atoms with Gasteiger partial charge in [0.15, 0.2) is 0 Å². The average Bonchev–Trinajstić information content (AvgIpc) is 3.02. The summed E-state index contributed by atoms with van der Waals surface area (Å²) >= 11 is 0. The molecule has 2 aliphatic rings. The van der Waals surface area contributed by atoms with E-state index in [0.29, 0.717) is 12.5 Å². The van der Waals surface area contributed by atoms with Crippen LogP contribution in [-0.4, -0.2) is 33.3 Å². The Morgan fingerprint density at radius 1 is 1.27 bits per heavy atom. The van der Waals surface area contributed by atoms with Crippen molar-refractivity contribution in [2.24, 2.45) is 5.92 Å². The third-order valence-electron chi connectivity index (χ3n) is 3.22. The fraction of sp³-hybridized carbons (Fsp3) is 1.00. The fourth-order valence-electron chi connectivity index (χ4n) is 2.07. The van der Waals surface area contributed by atoms with Crippen molar-refractivity contribution in [3.63, 3.8) is 0 Å². The second-order valence-corrected chi connectivity index (χ2v) is 6.69. The van der Waals surface area contributed by atoms with Crippen molar-refractivity contribution in [1.82, 2.24) is 10.0 Å². The monoisotopic (exact) mass is 232 g/mol. The van der Waals surface area contributed by atoms with Gasteiger partial charge in [0.1, 0.15) is 0 Å². The van der Waals surface area contributed by atoms with Gasteiger partial charge in [-0.05, 0) is 51.1 Å². The van der Waals surface area contributed by atoms with Crippen LogP contribution in [0.3, 0.4) is 0 Å². The van der Waals surface area contributed by atoms with E-state index in [1.54, 1.807) is 0 Å². The molecule has 2 rings (SSSR count). The lowest BCUT2D eigenvalue weighted by Gasteiger charge is -2.22. The summed E-state index contributed by atoms with van der Waals surface area (Å²) in [5, 5.41) is 3.26. The van der Waals surface area contributed by atoms with Crippen LogP contribution >= 0.6 is 0 Å². The zero-order valence-electron chi connectivity index (χ0n) is 9.04. The summed E-state index contributed by atoms with van der Waals surface area (Å²) in [6, 6.07) is 0. The van der Waals surface area contributed by atoms with Crippen molar-refractivity contribution in [2.75, 3.05) is 19.6 Å². The topological polar surface area (TPSA) is 58.2 Å². The van der Waals surface area contributed by atoms with Gasteiger partial charge in [0.05, 0.1) is 5.25 Å². The Balaban J connectivity index is 1.65. The van der Waals surface area contributed by atoms with Gasteiger partial charge in [-0.3, -0.25) is 0 Å². The van der Waals surface area contributed by atoms with Crippen molar-refractivity contribution in [1.29, 1.82) is 0 Å². The van der Waals surface area contributed by atoms with Gasteiger partial charge < -0.3 is 5.32 Å². The predicted molar refractivity (Wildman–Crippen MR) is 60.2 cm³/mol. The average molecular weight is 232 g/mol. The Kier molecular flexibility index (Phi) is 3.64. The number of piperidine rings is 1. The summed E-state index contributed by atoms with van der Waals surface area (Å²) in [7, 11) is -2.96. The van der Waals surface area contributed by atoms with Crippen LogP contribution in [0.4, 0.5) is 0 Å². The van der Waals surface area contributed by atoms with E-state index < -0.39 is 10.0 Å². The summed E-state index contributed by atoms with van der Waals surface area (Å²) in [4.78, 5) is 0. The van der Waals surface area contributed by atoms with Crippen LogP contribution in [0.15, 0.2) is 0 Å². The molecule has 15 heavy (non-hydrogen) atoms. The molecule has 2 fully saturated rings. The van der Waals surface area contributed by atoms with Crippen molar-refractivity contribution in [2.45, 2.75) is 37.4 Å². The SMILES string of the molecule is O=S(=O)(NCCC1CCCNC1)C1CC1. The van der Waals surface area contributed by atoms with Crippen molar-refractivity contribution in [3.8, 4) is 0 Å². The quantitative estimate of drug-likeness (QED) is 0.724. The number of hydrogen-bond donors (Lipinski definition) is 2. The first kappa shape index (κ1) is 11.4. The highest BCUT2D eigenvalue weighted by Gasteiger charge is 2.35. The predicted octanol–water partition coefficient (Wildman–Crippen LogP) is 0.458. The molecule has 5 heteroatoms. The molecule has 0 aromatic carbocycles. The van der Waals surface area contributed by atoms with Crippen molar-refractivity contribution < 1.29 is 8.42 Å². The maximum absolute atomic E-state index is 11.5. The van der Waals surface area contributed by atoms with E-state index in [-0.39, 0.29) is 5.25 Å². The Morgan fingerprint density at radius 2 is 2.07 bits per heavy atom. The highest BCUT2D eigenvalue weighted by Crippen LogP contribution is 2.27. The smallest absolute Gasteiger partial charge is 0.214 e. The summed E-state index contributed by atoms with van der Waals surface area (Å²) in [6.45, 7) is 2.78. The van der Waals surface area contributed by atoms with Crippen LogP contribution in [-0.2, 0) is 10.0 Å². The molecule has 0 spiro atoms. The maximum Gasteiger partial charge on any atom is 0.214 e. The first-order valence-electron chi connectivity index (χ1n) is 5.88. The van der Waals surface area contributed by atoms with Crippen LogP contribution in [0.1, 0.15) is 32.1 Å². The summed E-state index contributed by atoms with van der Waals surface area (Å²) < 4.78 is 25.7. The lowest BCUT2D eigenvalue weighted by Crippen LogP contribution is -2.34. The Bertz CT molecular complexity index is 293. The van der Waals surface area contributed by atoms with E-state index in [1.165, 1.54) is 12.8 Å². The highest BCUT2D eigenvalue weighted by molar-refractivity contribution is 7.90. The van der Waals surface area contributed by atoms with Crippen molar-refractivity contribution >= 4 is 10.0 Å². The molecule has 1 aliphatic carbocycles. The first-order chi connectivity index (χ1) is 7.18. The summed E-state index contributed by atoms with van der Waals surface area (Å²) in [5.41, 5.74) is 0.